The fourth-order valence-corrected chi connectivity index (χ4v) is 1.63. The van der Waals surface area contributed by atoms with Gasteiger partial charge in [0.2, 0.25) is 0 Å². The second-order valence-electron chi connectivity index (χ2n) is 5.01. The van der Waals surface area contributed by atoms with Crippen molar-refractivity contribution in [2.45, 2.75) is 33.2 Å². The van der Waals surface area contributed by atoms with Crippen LogP contribution < -0.4 is 5.73 Å². The summed E-state index contributed by atoms with van der Waals surface area (Å²) in [6, 6.07) is 3.23. The van der Waals surface area contributed by atoms with Crippen LogP contribution in [0, 0.1) is 17.0 Å². The van der Waals surface area contributed by atoms with Gasteiger partial charge in [-0.2, -0.15) is 0 Å². The van der Waals surface area contributed by atoms with Gasteiger partial charge < -0.3 is 5.73 Å². The van der Waals surface area contributed by atoms with Crippen molar-refractivity contribution in [2.24, 2.45) is 11.1 Å². The van der Waals surface area contributed by atoms with Gasteiger partial charge in [0, 0.05) is 11.6 Å². The van der Waals surface area contributed by atoms with Crippen LogP contribution in [0.5, 0.6) is 0 Å². The van der Waals surface area contributed by atoms with E-state index in [0.717, 1.165) is 0 Å². The van der Waals surface area contributed by atoms with Crippen LogP contribution in [0.15, 0.2) is 18.2 Å². The number of hydrogen-bond donors (Lipinski definition) is 1. The fraction of sp³-hybridized carbons (Fsp3) is 0.500. The van der Waals surface area contributed by atoms with Gasteiger partial charge in [-0.25, -0.2) is 8.78 Å². The highest BCUT2D eigenvalue weighted by Crippen LogP contribution is 2.30. The summed E-state index contributed by atoms with van der Waals surface area (Å²) in [7, 11) is 0. The molecular weight excluding hydrogens is 232 g/mol. The first-order valence-corrected chi connectivity index (χ1v) is 5.01. The number of benzene rings is 1. The molecule has 0 fully saturated rings. The van der Waals surface area contributed by atoms with Gasteiger partial charge in [-0.3, -0.25) is 0 Å². The fourth-order valence-electron chi connectivity index (χ4n) is 1.63. The van der Waals surface area contributed by atoms with Crippen molar-refractivity contribution < 1.29 is 8.78 Å². The summed E-state index contributed by atoms with van der Waals surface area (Å²) in [6.07, 6.45) is 0.546. The highest BCUT2D eigenvalue weighted by atomic mass is 35.5. The first kappa shape index (κ1) is 15.3. The Morgan fingerprint density at radius 2 is 1.62 bits per heavy atom. The lowest BCUT2D eigenvalue weighted by Crippen LogP contribution is -2.21. The van der Waals surface area contributed by atoms with Gasteiger partial charge >= 0.3 is 0 Å². The molecule has 1 nitrogen and oxygen atoms in total. The molecule has 16 heavy (non-hydrogen) atoms. The molecule has 1 rings (SSSR count). The Morgan fingerprint density at radius 1 is 1.19 bits per heavy atom. The molecule has 1 aromatic rings. The maximum atomic E-state index is 13.4. The van der Waals surface area contributed by atoms with E-state index in [1.54, 1.807) is 0 Å². The summed E-state index contributed by atoms with van der Waals surface area (Å²) in [6.45, 7) is 5.98. The molecule has 0 aliphatic carbocycles. The van der Waals surface area contributed by atoms with Gasteiger partial charge in [0.25, 0.3) is 0 Å². The average Bonchev–Trinajstić information content (AvgIpc) is 1.99. The third kappa shape index (κ3) is 4.06. The van der Waals surface area contributed by atoms with Crippen molar-refractivity contribution >= 4 is 12.4 Å². The molecule has 1 unspecified atom stereocenters. The quantitative estimate of drug-likeness (QED) is 0.847. The van der Waals surface area contributed by atoms with Gasteiger partial charge in [0.1, 0.15) is 11.6 Å². The minimum Gasteiger partial charge on any atom is -0.324 e. The molecule has 2 N–H and O–H groups in total. The first-order chi connectivity index (χ1) is 6.81. The standard InChI is InChI=1S/C12H17F2N.ClH/c1-12(2,3)7-10(15)11-8(13)5-4-6-9(11)14;/h4-6,10H,7,15H2,1-3H3;1H. The predicted octanol–water partition coefficient (Wildman–Crippen LogP) is 3.82. The van der Waals surface area contributed by atoms with Crippen molar-refractivity contribution in [3.05, 3.63) is 35.4 Å². The molecule has 0 bridgehead atoms. The van der Waals surface area contributed by atoms with Crippen LogP contribution in [0.2, 0.25) is 0 Å². The highest BCUT2D eigenvalue weighted by molar-refractivity contribution is 5.85. The van der Waals surface area contributed by atoms with Gasteiger partial charge in [-0.1, -0.05) is 26.8 Å². The molecule has 92 valence electrons. The van der Waals surface area contributed by atoms with E-state index in [4.69, 9.17) is 5.73 Å². The molecule has 0 saturated heterocycles. The lowest BCUT2D eigenvalue weighted by Gasteiger charge is -2.23. The van der Waals surface area contributed by atoms with Crippen molar-refractivity contribution in [1.82, 2.24) is 0 Å². The summed E-state index contributed by atoms with van der Waals surface area (Å²) in [5.74, 6) is -1.13. The molecule has 4 heteroatoms. The van der Waals surface area contributed by atoms with Crippen molar-refractivity contribution in [2.75, 3.05) is 0 Å². The molecule has 0 amide bonds. The third-order valence-electron chi connectivity index (χ3n) is 2.20. The van der Waals surface area contributed by atoms with Crippen molar-refractivity contribution in [1.29, 1.82) is 0 Å². The van der Waals surface area contributed by atoms with Crippen LogP contribution in [0.3, 0.4) is 0 Å². The van der Waals surface area contributed by atoms with Crippen LogP contribution in [0.25, 0.3) is 0 Å². The Morgan fingerprint density at radius 3 is 2.00 bits per heavy atom. The second kappa shape index (κ2) is 5.60. The summed E-state index contributed by atoms with van der Waals surface area (Å²) < 4.78 is 26.7. The zero-order valence-electron chi connectivity index (χ0n) is 9.76. The number of halogens is 3. The van der Waals surface area contributed by atoms with E-state index in [1.165, 1.54) is 18.2 Å². The van der Waals surface area contributed by atoms with E-state index in [2.05, 4.69) is 0 Å². The van der Waals surface area contributed by atoms with E-state index in [1.807, 2.05) is 20.8 Å². The number of rotatable bonds is 2. The van der Waals surface area contributed by atoms with Crippen LogP contribution in [0.1, 0.15) is 38.8 Å². The van der Waals surface area contributed by atoms with Crippen LogP contribution in [-0.4, -0.2) is 0 Å². The third-order valence-corrected chi connectivity index (χ3v) is 2.20. The largest absolute Gasteiger partial charge is 0.324 e. The number of nitrogens with two attached hydrogens (primary N) is 1. The van der Waals surface area contributed by atoms with Gasteiger partial charge in [0.05, 0.1) is 0 Å². The molecule has 0 radical (unpaired) electrons. The Hall–Kier alpha value is -0.670. The normalized spacial score (nSPS) is 13.1. The Labute approximate surface area is 101 Å². The SMILES string of the molecule is CC(C)(C)CC(N)c1c(F)cccc1F.Cl. The van der Waals surface area contributed by atoms with Crippen LogP contribution in [-0.2, 0) is 0 Å². The van der Waals surface area contributed by atoms with Gasteiger partial charge in [-0.15, -0.1) is 12.4 Å². The minimum absolute atomic E-state index is 0. The topological polar surface area (TPSA) is 26.0 Å². The van der Waals surface area contributed by atoms with Crippen LogP contribution in [0.4, 0.5) is 8.78 Å². The summed E-state index contributed by atoms with van der Waals surface area (Å²) >= 11 is 0. The molecule has 0 aromatic heterocycles. The number of hydrogen-bond acceptors (Lipinski definition) is 1. The van der Waals surface area contributed by atoms with E-state index < -0.39 is 17.7 Å². The zero-order valence-corrected chi connectivity index (χ0v) is 10.6. The van der Waals surface area contributed by atoms with Crippen molar-refractivity contribution in [3.63, 3.8) is 0 Å². The molecule has 1 atom stereocenters. The molecule has 1 aromatic carbocycles. The second-order valence-corrected chi connectivity index (χ2v) is 5.01. The maximum absolute atomic E-state index is 13.4. The highest BCUT2D eigenvalue weighted by Gasteiger charge is 2.22. The smallest absolute Gasteiger partial charge is 0.130 e. The molecule has 0 saturated carbocycles. The van der Waals surface area contributed by atoms with Gasteiger partial charge in [-0.05, 0) is 24.0 Å². The summed E-state index contributed by atoms with van der Waals surface area (Å²) in [4.78, 5) is 0. The molecule has 0 aliphatic rings. The molecular formula is C12H18ClF2N. The van der Waals surface area contributed by atoms with Crippen molar-refractivity contribution in [3.8, 4) is 0 Å². The van der Waals surface area contributed by atoms with Gasteiger partial charge in [0.15, 0.2) is 0 Å². The van der Waals surface area contributed by atoms with E-state index >= 15 is 0 Å². The maximum Gasteiger partial charge on any atom is 0.130 e. The Balaban J connectivity index is 0.00000225. The average molecular weight is 250 g/mol. The van der Waals surface area contributed by atoms with E-state index in [9.17, 15) is 8.78 Å². The van der Waals surface area contributed by atoms with E-state index in [-0.39, 0.29) is 23.4 Å². The Kier molecular flexibility index (Phi) is 5.36. The molecule has 0 heterocycles. The molecule has 0 aliphatic heterocycles. The minimum atomic E-state index is -0.591. The zero-order chi connectivity index (χ0) is 11.6. The molecule has 0 spiro atoms. The predicted molar refractivity (Wildman–Crippen MR) is 64.6 cm³/mol. The summed E-state index contributed by atoms with van der Waals surface area (Å²) in [5, 5.41) is 0. The first-order valence-electron chi connectivity index (χ1n) is 5.01. The Bertz CT molecular complexity index is 327. The monoisotopic (exact) mass is 249 g/mol. The van der Waals surface area contributed by atoms with Crippen LogP contribution >= 0.6 is 12.4 Å². The van der Waals surface area contributed by atoms with E-state index in [0.29, 0.717) is 6.42 Å². The lowest BCUT2D eigenvalue weighted by molar-refractivity contribution is 0.333. The lowest BCUT2D eigenvalue weighted by atomic mass is 9.85. The summed E-state index contributed by atoms with van der Waals surface area (Å²) in [5.41, 5.74) is 5.75.